The van der Waals surface area contributed by atoms with Gasteiger partial charge in [-0.2, -0.15) is 5.26 Å². The molecule has 2 aromatic carbocycles. The molecule has 130 valence electrons. The molecule has 4 heteroatoms. The number of carbonyl (C=O) groups is 1. The second-order valence-corrected chi connectivity index (χ2v) is 6.06. The van der Waals surface area contributed by atoms with Crippen LogP contribution in [0.2, 0.25) is 0 Å². The van der Waals surface area contributed by atoms with E-state index in [0.29, 0.717) is 6.54 Å². The molecule has 0 aliphatic heterocycles. The van der Waals surface area contributed by atoms with E-state index in [0.717, 1.165) is 12.1 Å². The lowest BCUT2D eigenvalue weighted by molar-refractivity contribution is -0.146. The Labute approximate surface area is 149 Å². The maximum atomic E-state index is 12.3. The zero-order valence-electron chi connectivity index (χ0n) is 14.8. The number of nitriles is 1. The molecule has 0 saturated carbocycles. The monoisotopic (exact) mass is 336 g/mol. The predicted octanol–water partition coefficient (Wildman–Crippen LogP) is 3.61. The number of esters is 1. The van der Waals surface area contributed by atoms with Gasteiger partial charge in [0.05, 0.1) is 12.7 Å². The fourth-order valence-corrected chi connectivity index (χ4v) is 2.94. The minimum Gasteiger partial charge on any atom is -0.465 e. The molecule has 0 aliphatic carbocycles. The number of benzene rings is 2. The van der Waals surface area contributed by atoms with Crippen molar-refractivity contribution in [3.8, 4) is 6.07 Å². The van der Waals surface area contributed by atoms with Crippen LogP contribution < -0.4 is 0 Å². The van der Waals surface area contributed by atoms with Crippen molar-refractivity contribution in [2.75, 3.05) is 20.2 Å². The third-order valence-corrected chi connectivity index (χ3v) is 4.11. The van der Waals surface area contributed by atoms with E-state index < -0.39 is 11.9 Å². The lowest BCUT2D eigenvalue weighted by atomic mass is 9.86. The lowest BCUT2D eigenvalue weighted by Crippen LogP contribution is -2.32. The van der Waals surface area contributed by atoms with E-state index in [1.807, 2.05) is 55.6 Å². The molecule has 0 spiro atoms. The van der Waals surface area contributed by atoms with Gasteiger partial charge in [0.1, 0.15) is 0 Å². The Balaban J connectivity index is 2.19. The van der Waals surface area contributed by atoms with Crippen molar-refractivity contribution in [2.45, 2.75) is 19.4 Å². The van der Waals surface area contributed by atoms with E-state index in [4.69, 9.17) is 4.74 Å². The summed E-state index contributed by atoms with van der Waals surface area (Å²) >= 11 is 0. The van der Waals surface area contributed by atoms with E-state index >= 15 is 0 Å². The van der Waals surface area contributed by atoms with Crippen molar-refractivity contribution < 1.29 is 9.53 Å². The van der Waals surface area contributed by atoms with Crippen molar-refractivity contribution in [2.24, 2.45) is 5.92 Å². The Kier molecular flexibility index (Phi) is 7.18. The highest BCUT2D eigenvalue weighted by Crippen LogP contribution is 2.27. The highest BCUT2D eigenvalue weighted by Gasteiger charge is 2.31. The van der Waals surface area contributed by atoms with Crippen molar-refractivity contribution >= 4 is 5.97 Å². The highest BCUT2D eigenvalue weighted by atomic mass is 16.5. The van der Waals surface area contributed by atoms with Crippen LogP contribution in [0, 0.1) is 17.2 Å². The first-order valence-corrected chi connectivity index (χ1v) is 8.49. The summed E-state index contributed by atoms with van der Waals surface area (Å²) in [6.07, 6.45) is 0. The van der Waals surface area contributed by atoms with Crippen LogP contribution in [0.5, 0.6) is 0 Å². The van der Waals surface area contributed by atoms with E-state index in [-0.39, 0.29) is 12.5 Å². The largest absolute Gasteiger partial charge is 0.465 e. The molecule has 0 saturated heterocycles. The Morgan fingerprint density at radius 2 is 1.72 bits per heavy atom. The van der Waals surface area contributed by atoms with Crippen LogP contribution in [0.15, 0.2) is 60.7 Å². The molecule has 0 amide bonds. The molecule has 0 heterocycles. The fraction of sp³-hybridized carbons (Fsp3) is 0.333. The first-order valence-electron chi connectivity index (χ1n) is 8.49. The molecule has 0 N–H and O–H groups in total. The second-order valence-electron chi connectivity index (χ2n) is 6.06. The Hall–Kier alpha value is -2.64. The molecule has 0 bridgehead atoms. The standard InChI is InChI=1S/C21H24N2O2/c1-3-25-21(24)19(14-22)20(18-12-8-5-9-13-18)16-23(2)15-17-10-6-4-7-11-17/h4-13,19-20H,3,15-16H2,1-2H3/t19?,20-/m0/s1. The number of hydrogen-bond donors (Lipinski definition) is 0. The molecule has 2 aromatic rings. The predicted molar refractivity (Wildman–Crippen MR) is 97.7 cm³/mol. The lowest BCUT2D eigenvalue weighted by Gasteiger charge is -2.27. The van der Waals surface area contributed by atoms with Gasteiger partial charge in [-0.3, -0.25) is 4.79 Å². The van der Waals surface area contributed by atoms with Crippen molar-refractivity contribution in [3.05, 3.63) is 71.8 Å². The van der Waals surface area contributed by atoms with Crippen LogP contribution in [0.25, 0.3) is 0 Å². The van der Waals surface area contributed by atoms with Crippen molar-refractivity contribution in [1.29, 1.82) is 5.26 Å². The smallest absolute Gasteiger partial charge is 0.324 e. The van der Waals surface area contributed by atoms with Crippen LogP contribution in [0.1, 0.15) is 24.0 Å². The third kappa shape index (κ3) is 5.44. The highest BCUT2D eigenvalue weighted by molar-refractivity contribution is 5.76. The van der Waals surface area contributed by atoms with Gasteiger partial charge in [0, 0.05) is 19.0 Å². The maximum Gasteiger partial charge on any atom is 0.324 e. The number of rotatable bonds is 8. The number of likely N-dealkylation sites (N-methyl/N-ethyl adjacent to an activating group) is 1. The molecular formula is C21H24N2O2. The molecule has 1 unspecified atom stereocenters. The first-order chi connectivity index (χ1) is 12.2. The van der Waals surface area contributed by atoms with E-state index in [1.54, 1.807) is 6.92 Å². The maximum absolute atomic E-state index is 12.3. The second kappa shape index (κ2) is 9.61. The fourth-order valence-electron chi connectivity index (χ4n) is 2.94. The molecular weight excluding hydrogens is 312 g/mol. The van der Waals surface area contributed by atoms with Crippen LogP contribution in [-0.4, -0.2) is 31.1 Å². The summed E-state index contributed by atoms with van der Waals surface area (Å²) in [4.78, 5) is 14.4. The van der Waals surface area contributed by atoms with Gasteiger partial charge in [-0.1, -0.05) is 60.7 Å². The van der Waals surface area contributed by atoms with Crippen LogP contribution in [0.4, 0.5) is 0 Å². The molecule has 0 aliphatic rings. The van der Waals surface area contributed by atoms with Gasteiger partial charge >= 0.3 is 5.97 Å². The zero-order valence-corrected chi connectivity index (χ0v) is 14.8. The number of nitrogens with zero attached hydrogens (tertiary/aromatic N) is 2. The minimum absolute atomic E-state index is 0.237. The van der Waals surface area contributed by atoms with Crippen LogP contribution in [-0.2, 0) is 16.1 Å². The molecule has 25 heavy (non-hydrogen) atoms. The van der Waals surface area contributed by atoms with Gasteiger partial charge < -0.3 is 9.64 Å². The summed E-state index contributed by atoms with van der Waals surface area (Å²) in [6, 6.07) is 22.0. The summed E-state index contributed by atoms with van der Waals surface area (Å²) < 4.78 is 5.12. The third-order valence-electron chi connectivity index (χ3n) is 4.11. The Morgan fingerprint density at radius 3 is 2.28 bits per heavy atom. The quantitative estimate of drug-likeness (QED) is 0.691. The Morgan fingerprint density at radius 1 is 1.12 bits per heavy atom. The molecule has 2 rings (SSSR count). The molecule has 4 nitrogen and oxygen atoms in total. The van der Waals surface area contributed by atoms with Gasteiger partial charge in [0.2, 0.25) is 0 Å². The number of ether oxygens (including phenoxy) is 1. The summed E-state index contributed by atoms with van der Waals surface area (Å²) in [5.74, 6) is -1.51. The first kappa shape index (κ1) is 18.7. The molecule has 0 radical (unpaired) electrons. The van der Waals surface area contributed by atoms with Gasteiger partial charge in [0.25, 0.3) is 0 Å². The SMILES string of the molecule is CCOC(=O)C(C#N)[C@@H](CN(C)Cc1ccccc1)c1ccccc1. The average Bonchev–Trinajstić information content (AvgIpc) is 2.63. The Bertz CT molecular complexity index is 695. The van der Waals surface area contributed by atoms with Crippen molar-refractivity contribution in [1.82, 2.24) is 4.90 Å². The van der Waals surface area contributed by atoms with Crippen molar-refractivity contribution in [3.63, 3.8) is 0 Å². The summed E-state index contributed by atoms with van der Waals surface area (Å²) in [5.41, 5.74) is 2.17. The van der Waals surface area contributed by atoms with Gasteiger partial charge in [-0.05, 0) is 25.1 Å². The van der Waals surface area contributed by atoms with E-state index in [9.17, 15) is 10.1 Å². The summed E-state index contributed by atoms with van der Waals surface area (Å²) in [6.45, 7) is 3.38. The average molecular weight is 336 g/mol. The van der Waals surface area contributed by atoms with Crippen LogP contribution in [0.3, 0.4) is 0 Å². The van der Waals surface area contributed by atoms with E-state index in [1.165, 1.54) is 5.56 Å². The topological polar surface area (TPSA) is 53.3 Å². The van der Waals surface area contributed by atoms with Gasteiger partial charge in [0.15, 0.2) is 5.92 Å². The minimum atomic E-state index is -0.819. The normalized spacial score (nSPS) is 13.0. The van der Waals surface area contributed by atoms with Gasteiger partial charge in [-0.25, -0.2) is 0 Å². The molecule has 0 fully saturated rings. The summed E-state index contributed by atoms with van der Waals surface area (Å²) in [5, 5.41) is 9.59. The van der Waals surface area contributed by atoms with Crippen LogP contribution >= 0.6 is 0 Å². The van der Waals surface area contributed by atoms with Gasteiger partial charge in [-0.15, -0.1) is 0 Å². The zero-order chi connectivity index (χ0) is 18.1. The van der Waals surface area contributed by atoms with E-state index in [2.05, 4.69) is 23.1 Å². The molecule has 2 atom stereocenters. The number of carbonyl (C=O) groups excluding carboxylic acids is 1. The molecule has 0 aromatic heterocycles. The summed E-state index contributed by atoms with van der Waals surface area (Å²) in [7, 11) is 2.00. The number of hydrogen-bond acceptors (Lipinski definition) is 4.